The zero-order valence-electron chi connectivity index (χ0n) is 22.4. The third kappa shape index (κ3) is 15.8. The molecule has 0 fully saturated rings. The molecule has 0 rings (SSSR count). The molecule has 0 saturated carbocycles. The van der Waals surface area contributed by atoms with E-state index >= 15 is 0 Å². The van der Waals surface area contributed by atoms with Gasteiger partial charge in [-0.2, -0.15) is 0 Å². The second-order valence-corrected chi connectivity index (χ2v) is 11.2. The molecule has 0 radical (unpaired) electrons. The first kappa shape index (κ1) is 33.0. The van der Waals surface area contributed by atoms with Gasteiger partial charge in [0, 0.05) is 0 Å². The van der Waals surface area contributed by atoms with E-state index in [0.717, 1.165) is 32.1 Å². The first-order valence-electron chi connectivity index (χ1n) is 12.7. The standard InChI is InChI=1S/C24H48NO8P/c1-8-12-14-20(10-3)23(26)30-18-22(33-24(27)21(11-4)15-13-9-2)19-32-34(28,29)31-17-16-25(5,6)7/h20-22H,8-19H2,1-7H3. The summed E-state index contributed by atoms with van der Waals surface area (Å²) in [5.41, 5.74) is 0. The molecular weight excluding hydrogens is 461 g/mol. The summed E-state index contributed by atoms with van der Waals surface area (Å²) < 4.78 is 33.6. The maximum absolute atomic E-state index is 12.7. The second kappa shape index (κ2) is 17.4. The van der Waals surface area contributed by atoms with Gasteiger partial charge in [-0.15, -0.1) is 0 Å². The Morgan fingerprint density at radius 3 is 1.85 bits per heavy atom. The van der Waals surface area contributed by atoms with Crippen LogP contribution in [0, 0.1) is 11.8 Å². The largest absolute Gasteiger partial charge is 0.756 e. The van der Waals surface area contributed by atoms with Gasteiger partial charge >= 0.3 is 11.9 Å². The van der Waals surface area contributed by atoms with Crippen molar-refractivity contribution in [2.24, 2.45) is 11.8 Å². The number of ether oxygens (including phenoxy) is 2. The van der Waals surface area contributed by atoms with Crippen LogP contribution >= 0.6 is 7.82 Å². The maximum Gasteiger partial charge on any atom is 0.309 e. The van der Waals surface area contributed by atoms with Crippen molar-refractivity contribution in [2.45, 2.75) is 85.2 Å². The molecule has 4 atom stereocenters. The topological polar surface area (TPSA) is 111 Å². The third-order valence-electron chi connectivity index (χ3n) is 5.59. The Balaban J connectivity index is 5.12. The highest BCUT2D eigenvalue weighted by atomic mass is 31.2. The molecule has 0 spiro atoms. The minimum absolute atomic E-state index is 0.0335. The molecule has 0 bridgehead atoms. The summed E-state index contributed by atoms with van der Waals surface area (Å²) in [4.78, 5) is 37.3. The number of phosphoric ester groups is 1. The number of nitrogens with zero attached hydrogens (tertiary/aromatic N) is 1. The highest BCUT2D eigenvalue weighted by molar-refractivity contribution is 7.45. The van der Waals surface area contributed by atoms with Gasteiger partial charge in [-0.1, -0.05) is 53.4 Å². The minimum Gasteiger partial charge on any atom is -0.756 e. The molecule has 10 heteroatoms. The zero-order chi connectivity index (χ0) is 26.2. The molecular formula is C24H48NO8P. The lowest BCUT2D eigenvalue weighted by Crippen LogP contribution is -2.38. The smallest absolute Gasteiger partial charge is 0.309 e. The highest BCUT2D eigenvalue weighted by Crippen LogP contribution is 2.38. The number of unbranched alkanes of at least 4 members (excludes halogenated alkanes) is 2. The van der Waals surface area contributed by atoms with Gasteiger partial charge in [0.25, 0.3) is 7.82 Å². The normalized spacial score (nSPS) is 16.4. The van der Waals surface area contributed by atoms with Crippen LogP contribution in [-0.2, 0) is 32.7 Å². The van der Waals surface area contributed by atoms with Crippen LogP contribution < -0.4 is 4.89 Å². The van der Waals surface area contributed by atoms with Crippen molar-refractivity contribution >= 4 is 19.8 Å². The Bertz CT molecular complexity index is 623. The van der Waals surface area contributed by atoms with Gasteiger partial charge in [-0.05, 0) is 25.7 Å². The van der Waals surface area contributed by atoms with E-state index in [1.54, 1.807) is 0 Å². The quantitative estimate of drug-likeness (QED) is 0.137. The lowest BCUT2D eigenvalue weighted by atomic mass is 9.99. The van der Waals surface area contributed by atoms with Crippen molar-refractivity contribution in [1.29, 1.82) is 0 Å². The minimum atomic E-state index is -4.60. The van der Waals surface area contributed by atoms with E-state index in [0.29, 0.717) is 30.3 Å². The molecule has 34 heavy (non-hydrogen) atoms. The van der Waals surface area contributed by atoms with E-state index < -0.39 is 26.5 Å². The van der Waals surface area contributed by atoms with Crippen molar-refractivity contribution in [1.82, 2.24) is 0 Å². The zero-order valence-corrected chi connectivity index (χ0v) is 23.3. The monoisotopic (exact) mass is 509 g/mol. The Morgan fingerprint density at radius 2 is 1.38 bits per heavy atom. The van der Waals surface area contributed by atoms with Crippen LogP contribution in [0.2, 0.25) is 0 Å². The van der Waals surface area contributed by atoms with E-state index in [9.17, 15) is 19.0 Å². The SMILES string of the molecule is CCCCC(CC)C(=O)OCC(COP(=O)([O-])OCC[N+](C)(C)C)OC(=O)C(CC)CCCC. The van der Waals surface area contributed by atoms with Crippen LogP contribution in [0.4, 0.5) is 0 Å². The van der Waals surface area contributed by atoms with E-state index in [1.165, 1.54) is 0 Å². The predicted octanol–water partition coefficient (Wildman–Crippen LogP) is 4.08. The van der Waals surface area contributed by atoms with E-state index in [-0.39, 0.29) is 31.0 Å². The number of likely N-dealkylation sites (N-methyl/N-ethyl adjacent to an activating group) is 1. The molecule has 0 aromatic heterocycles. The molecule has 4 unspecified atom stereocenters. The molecule has 0 aliphatic rings. The summed E-state index contributed by atoms with van der Waals surface area (Å²) in [7, 11) is 1.14. The number of quaternary nitrogens is 1. The molecule has 0 heterocycles. The van der Waals surface area contributed by atoms with Gasteiger partial charge in [0.05, 0.1) is 39.6 Å². The highest BCUT2D eigenvalue weighted by Gasteiger charge is 2.26. The molecule has 202 valence electrons. The molecule has 9 nitrogen and oxygen atoms in total. The molecule has 0 aliphatic carbocycles. The Labute approximate surface area is 206 Å². The first-order chi connectivity index (χ1) is 15.9. The van der Waals surface area contributed by atoms with Crippen molar-refractivity contribution < 1.29 is 42.1 Å². The fourth-order valence-electron chi connectivity index (χ4n) is 3.19. The molecule has 0 aromatic carbocycles. The van der Waals surface area contributed by atoms with Gasteiger partial charge < -0.3 is 27.9 Å². The van der Waals surface area contributed by atoms with Crippen LogP contribution in [0.1, 0.15) is 79.1 Å². The van der Waals surface area contributed by atoms with Gasteiger partial charge in [0.1, 0.15) is 19.8 Å². The fourth-order valence-corrected chi connectivity index (χ4v) is 3.91. The van der Waals surface area contributed by atoms with Gasteiger partial charge in [0.2, 0.25) is 0 Å². The molecule has 0 amide bonds. The van der Waals surface area contributed by atoms with Crippen LogP contribution in [0.3, 0.4) is 0 Å². The number of hydrogen-bond acceptors (Lipinski definition) is 8. The Hall–Kier alpha value is -0.990. The number of carbonyl (C=O) groups is 2. The maximum atomic E-state index is 12.7. The average Bonchev–Trinajstić information content (AvgIpc) is 2.75. The number of esters is 2. The lowest BCUT2D eigenvalue weighted by molar-refractivity contribution is -0.870. The summed E-state index contributed by atoms with van der Waals surface area (Å²) in [6.45, 7) is 7.61. The summed E-state index contributed by atoms with van der Waals surface area (Å²) in [5.74, 6) is -1.36. The van der Waals surface area contributed by atoms with E-state index in [1.807, 2.05) is 41.9 Å². The molecule has 0 saturated heterocycles. The summed E-state index contributed by atoms with van der Waals surface area (Å²) in [5, 5.41) is 0. The van der Waals surface area contributed by atoms with Crippen molar-refractivity contribution in [3.63, 3.8) is 0 Å². The van der Waals surface area contributed by atoms with E-state index in [2.05, 4.69) is 6.92 Å². The van der Waals surface area contributed by atoms with Gasteiger partial charge in [-0.25, -0.2) is 0 Å². The van der Waals surface area contributed by atoms with Crippen LogP contribution in [-0.4, -0.2) is 70.0 Å². The van der Waals surface area contributed by atoms with Crippen LogP contribution in [0.5, 0.6) is 0 Å². The lowest BCUT2D eigenvalue weighted by Gasteiger charge is -2.28. The average molecular weight is 510 g/mol. The third-order valence-corrected chi connectivity index (χ3v) is 6.55. The van der Waals surface area contributed by atoms with Crippen molar-refractivity contribution in [3.8, 4) is 0 Å². The summed E-state index contributed by atoms with van der Waals surface area (Å²) in [6.07, 6.45) is 5.33. The van der Waals surface area contributed by atoms with Crippen LogP contribution in [0.25, 0.3) is 0 Å². The Kier molecular flexibility index (Phi) is 16.9. The number of phosphoric acid groups is 1. The molecule has 0 aromatic rings. The fraction of sp³-hybridized carbons (Fsp3) is 0.917. The summed E-state index contributed by atoms with van der Waals surface area (Å²) >= 11 is 0. The molecule has 0 aliphatic heterocycles. The Morgan fingerprint density at radius 1 is 0.853 bits per heavy atom. The van der Waals surface area contributed by atoms with E-state index in [4.69, 9.17) is 18.5 Å². The van der Waals surface area contributed by atoms with Gasteiger partial charge in [0.15, 0.2) is 6.10 Å². The second-order valence-electron chi connectivity index (χ2n) is 9.77. The number of carbonyl (C=O) groups excluding carboxylic acids is 2. The van der Waals surface area contributed by atoms with Crippen molar-refractivity contribution in [3.05, 3.63) is 0 Å². The number of rotatable bonds is 20. The van der Waals surface area contributed by atoms with Crippen LogP contribution in [0.15, 0.2) is 0 Å². The first-order valence-corrected chi connectivity index (χ1v) is 14.1. The van der Waals surface area contributed by atoms with Crippen molar-refractivity contribution in [2.75, 3.05) is 47.5 Å². The predicted molar refractivity (Wildman–Crippen MR) is 130 cm³/mol. The van der Waals surface area contributed by atoms with Gasteiger partial charge in [-0.3, -0.25) is 14.2 Å². The molecule has 0 N–H and O–H groups in total. The number of hydrogen-bond donors (Lipinski definition) is 0. The summed E-state index contributed by atoms with van der Waals surface area (Å²) in [6, 6.07) is 0.